The minimum Gasteiger partial charge on any atom is -0.487 e. The van der Waals surface area contributed by atoms with Crippen LogP contribution in [0.4, 0.5) is 4.39 Å². The van der Waals surface area contributed by atoms with Crippen LogP contribution in [0.15, 0.2) is 18.2 Å². The highest BCUT2D eigenvalue weighted by Gasteiger charge is 2.09. The number of hydrogen-bond donors (Lipinski definition) is 0. The fourth-order valence-electron chi connectivity index (χ4n) is 1.36. The van der Waals surface area contributed by atoms with Gasteiger partial charge in [0.2, 0.25) is 0 Å². The summed E-state index contributed by atoms with van der Waals surface area (Å²) in [4.78, 5) is 0. The molecular formula is C12H16ClFO. The highest BCUT2D eigenvalue weighted by Crippen LogP contribution is 2.21. The number of halogens is 2. The van der Waals surface area contributed by atoms with Crippen LogP contribution in [0.3, 0.4) is 0 Å². The molecule has 1 aromatic rings. The van der Waals surface area contributed by atoms with Crippen molar-refractivity contribution in [2.24, 2.45) is 0 Å². The molecule has 15 heavy (non-hydrogen) atoms. The molecule has 0 bridgehead atoms. The predicted molar refractivity (Wildman–Crippen MR) is 61.0 cm³/mol. The van der Waals surface area contributed by atoms with Gasteiger partial charge in [-0.05, 0) is 30.5 Å². The standard InChI is InChI=1S/C12H16ClFO/c1-3-10(4-2)15-12-6-5-9(8-13)7-11(12)14/h5-7,10H,3-4,8H2,1-2H3. The highest BCUT2D eigenvalue weighted by molar-refractivity contribution is 6.17. The quantitative estimate of drug-likeness (QED) is 0.691. The summed E-state index contributed by atoms with van der Waals surface area (Å²) in [7, 11) is 0. The van der Waals surface area contributed by atoms with E-state index in [-0.39, 0.29) is 11.9 Å². The van der Waals surface area contributed by atoms with Gasteiger partial charge < -0.3 is 4.74 Å². The van der Waals surface area contributed by atoms with Gasteiger partial charge in [-0.3, -0.25) is 0 Å². The summed E-state index contributed by atoms with van der Waals surface area (Å²) in [5.74, 6) is 0.306. The van der Waals surface area contributed by atoms with Gasteiger partial charge in [-0.25, -0.2) is 4.39 Å². The number of alkyl halides is 1. The van der Waals surface area contributed by atoms with Crippen LogP contribution >= 0.6 is 11.6 Å². The van der Waals surface area contributed by atoms with E-state index in [2.05, 4.69) is 0 Å². The van der Waals surface area contributed by atoms with Gasteiger partial charge in [-0.2, -0.15) is 0 Å². The molecule has 1 rings (SSSR count). The van der Waals surface area contributed by atoms with E-state index in [4.69, 9.17) is 16.3 Å². The SMILES string of the molecule is CCC(CC)Oc1ccc(CCl)cc1F. The monoisotopic (exact) mass is 230 g/mol. The summed E-state index contributed by atoms with van der Waals surface area (Å²) in [6.07, 6.45) is 1.85. The average molecular weight is 231 g/mol. The lowest BCUT2D eigenvalue weighted by Crippen LogP contribution is -2.14. The molecule has 1 nitrogen and oxygen atoms in total. The molecule has 0 aromatic heterocycles. The second-order valence-electron chi connectivity index (χ2n) is 3.45. The molecule has 0 amide bonds. The van der Waals surface area contributed by atoms with Crippen molar-refractivity contribution in [1.29, 1.82) is 0 Å². The highest BCUT2D eigenvalue weighted by atomic mass is 35.5. The smallest absolute Gasteiger partial charge is 0.165 e. The largest absolute Gasteiger partial charge is 0.487 e. The van der Waals surface area contributed by atoms with Crippen LogP contribution in [0.5, 0.6) is 5.75 Å². The summed E-state index contributed by atoms with van der Waals surface area (Å²) in [5.41, 5.74) is 0.770. The second-order valence-corrected chi connectivity index (χ2v) is 3.72. The molecule has 84 valence electrons. The summed E-state index contributed by atoms with van der Waals surface area (Å²) < 4.78 is 19.0. The van der Waals surface area contributed by atoms with Crippen molar-refractivity contribution in [3.8, 4) is 5.75 Å². The third kappa shape index (κ3) is 3.38. The summed E-state index contributed by atoms with van der Waals surface area (Å²) in [6, 6.07) is 4.85. The molecule has 0 heterocycles. The normalized spacial score (nSPS) is 10.7. The van der Waals surface area contributed by atoms with Crippen LogP contribution in [0.2, 0.25) is 0 Å². The molecule has 0 unspecified atom stereocenters. The van der Waals surface area contributed by atoms with Crippen molar-refractivity contribution in [3.63, 3.8) is 0 Å². The van der Waals surface area contributed by atoms with Gasteiger partial charge in [0, 0.05) is 5.88 Å². The molecule has 0 fully saturated rings. The molecular weight excluding hydrogens is 215 g/mol. The Morgan fingerprint density at radius 1 is 1.33 bits per heavy atom. The first-order valence-electron chi connectivity index (χ1n) is 5.22. The number of rotatable bonds is 5. The number of ether oxygens (including phenoxy) is 1. The van der Waals surface area contributed by atoms with Crippen LogP contribution in [0, 0.1) is 5.82 Å². The van der Waals surface area contributed by atoms with E-state index in [0.717, 1.165) is 18.4 Å². The van der Waals surface area contributed by atoms with E-state index in [1.54, 1.807) is 12.1 Å². The maximum absolute atomic E-state index is 13.5. The zero-order valence-corrected chi connectivity index (χ0v) is 9.85. The lowest BCUT2D eigenvalue weighted by Gasteiger charge is -2.16. The Morgan fingerprint density at radius 3 is 2.47 bits per heavy atom. The molecule has 0 N–H and O–H groups in total. The minimum atomic E-state index is -0.333. The Morgan fingerprint density at radius 2 is 2.00 bits per heavy atom. The molecule has 0 spiro atoms. The molecule has 0 aliphatic heterocycles. The Bertz CT molecular complexity index is 310. The van der Waals surface area contributed by atoms with Crippen LogP contribution in [0.1, 0.15) is 32.3 Å². The van der Waals surface area contributed by atoms with Gasteiger partial charge >= 0.3 is 0 Å². The Balaban J connectivity index is 2.77. The van der Waals surface area contributed by atoms with Gasteiger partial charge in [-0.1, -0.05) is 19.9 Å². The lowest BCUT2D eigenvalue weighted by atomic mass is 10.2. The third-order valence-electron chi connectivity index (χ3n) is 2.35. The van der Waals surface area contributed by atoms with Gasteiger partial charge in [-0.15, -0.1) is 11.6 Å². The maximum Gasteiger partial charge on any atom is 0.165 e. The summed E-state index contributed by atoms with van der Waals surface area (Å²) in [6.45, 7) is 4.05. The predicted octanol–water partition coefficient (Wildman–Crippen LogP) is 4.13. The Kier molecular flexibility index (Phi) is 4.89. The van der Waals surface area contributed by atoms with E-state index in [1.807, 2.05) is 13.8 Å². The summed E-state index contributed by atoms with van der Waals surface area (Å²) in [5, 5.41) is 0. The van der Waals surface area contributed by atoms with Gasteiger partial charge in [0.1, 0.15) is 0 Å². The molecule has 0 saturated heterocycles. The number of benzene rings is 1. The number of hydrogen-bond acceptors (Lipinski definition) is 1. The molecule has 0 radical (unpaired) electrons. The topological polar surface area (TPSA) is 9.23 Å². The van der Waals surface area contributed by atoms with Gasteiger partial charge in [0.25, 0.3) is 0 Å². The zero-order chi connectivity index (χ0) is 11.3. The third-order valence-corrected chi connectivity index (χ3v) is 2.66. The van der Waals surface area contributed by atoms with Crippen LogP contribution in [0.25, 0.3) is 0 Å². The Hall–Kier alpha value is -0.760. The van der Waals surface area contributed by atoms with Gasteiger partial charge in [0.15, 0.2) is 11.6 Å². The lowest BCUT2D eigenvalue weighted by molar-refractivity contribution is 0.184. The first-order chi connectivity index (χ1) is 7.21. The van der Waals surface area contributed by atoms with Crippen molar-refractivity contribution in [3.05, 3.63) is 29.6 Å². The molecule has 3 heteroatoms. The zero-order valence-electron chi connectivity index (χ0n) is 9.09. The first kappa shape index (κ1) is 12.3. The van der Waals surface area contributed by atoms with E-state index < -0.39 is 0 Å². The van der Waals surface area contributed by atoms with Crippen molar-refractivity contribution in [2.45, 2.75) is 38.7 Å². The van der Waals surface area contributed by atoms with Crippen LogP contribution in [-0.4, -0.2) is 6.10 Å². The molecule has 1 aromatic carbocycles. The average Bonchev–Trinajstić information content (AvgIpc) is 2.27. The molecule has 0 aliphatic carbocycles. The van der Waals surface area contributed by atoms with E-state index in [9.17, 15) is 4.39 Å². The second kappa shape index (κ2) is 5.96. The van der Waals surface area contributed by atoms with Crippen LogP contribution < -0.4 is 4.74 Å². The van der Waals surface area contributed by atoms with Crippen molar-refractivity contribution in [2.75, 3.05) is 0 Å². The van der Waals surface area contributed by atoms with E-state index >= 15 is 0 Å². The maximum atomic E-state index is 13.5. The van der Waals surface area contributed by atoms with E-state index in [1.165, 1.54) is 6.07 Å². The fraction of sp³-hybridized carbons (Fsp3) is 0.500. The molecule has 0 aliphatic rings. The van der Waals surface area contributed by atoms with Crippen LogP contribution in [-0.2, 0) is 5.88 Å². The van der Waals surface area contributed by atoms with Crippen molar-refractivity contribution < 1.29 is 9.13 Å². The molecule has 0 atom stereocenters. The molecule has 0 saturated carbocycles. The fourth-order valence-corrected chi connectivity index (χ4v) is 1.52. The minimum absolute atomic E-state index is 0.0846. The first-order valence-corrected chi connectivity index (χ1v) is 5.75. The van der Waals surface area contributed by atoms with Gasteiger partial charge in [0.05, 0.1) is 6.10 Å². The van der Waals surface area contributed by atoms with Crippen molar-refractivity contribution in [1.82, 2.24) is 0 Å². The van der Waals surface area contributed by atoms with E-state index in [0.29, 0.717) is 11.6 Å². The Labute approximate surface area is 95.2 Å². The van der Waals surface area contributed by atoms with Crippen molar-refractivity contribution >= 4 is 11.6 Å². The summed E-state index contributed by atoms with van der Waals surface area (Å²) >= 11 is 5.60.